The highest BCUT2D eigenvalue weighted by atomic mass is 32.2. The van der Waals surface area contributed by atoms with E-state index in [4.69, 9.17) is 34.2 Å². The summed E-state index contributed by atoms with van der Waals surface area (Å²) in [6, 6.07) is 11.9. The first-order valence-electron chi connectivity index (χ1n) is 16.9. The summed E-state index contributed by atoms with van der Waals surface area (Å²) in [5.41, 5.74) is 7.00. The average Bonchev–Trinajstić information content (AvgIpc) is 3.67. The predicted octanol–water partition coefficient (Wildman–Crippen LogP) is 3.67. The van der Waals surface area contributed by atoms with Crippen LogP contribution >= 0.6 is 0 Å². The third-order valence-corrected chi connectivity index (χ3v) is 10.0. The summed E-state index contributed by atoms with van der Waals surface area (Å²) in [6.45, 7) is 10.6. The number of sulfonamides is 1. The predicted molar refractivity (Wildman–Crippen MR) is 185 cm³/mol. The van der Waals surface area contributed by atoms with Crippen LogP contribution in [0.5, 0.6) is 11.5 Å². The Balaban J connectivity index is 1.45. The molecule has 2 aromatic carbocycles. The fourth-order valence-electron chi connectivity index (χ4n) is 5.73. The second kappa shape index (κ2) is 17.5. The summed E-state index contributed by atoms with van der Waals surface area (Å²) in [5, 5.41) is 5.57. The van der Waals surface area contributed by atoms with Crippen molar-refractivity contribution >= 4 is 22.2 Å². The fraction of sp³-hybridized carbons (Fsp3) is 0.600. The van der Waals surface area contributed by atoms with Gasteiger partial charge in [-0.2, -0.15) is 4.31 Å². The molecule has 15 heteroatoms. The van der Waals surface area contributed by atoms with E-state index < -0.39 is 46.0 Å². The maximum absolute atomic E-state index is 13.8. The first-order chi connectivity index (χ1) is 23.6. The number of fused-ring (bicyclic) bond motifs is 1. The van der Waals surface area contributed by atoms with Gasteiger partial charge in [-0.15, -0.1) is 0 Å². The van der Waals surface area contributed by atoms with Gasteiger partial charge >= 0.3 is 12.2 Å². The highest BCUT2D eigenvalue weighted by Gasteiger charge is 2.44. The van der Waals surface area contributed by atoms with Crippen molar-refractivity contribution < 1.29 is 46.4 Å². The molecule has 278 valence electrons. The van der Waals surface area contributed by atoms with Crippen molar-refractivity contribution in [2.45, 2.75) is 82.4 Å². The largest absolute Gasteiger partial charge is 0.497 e. The molecule has 4 rings (SSSR count). The number of carbonyl (C=O) groups excluding carboxylic acids is 2. The molecule has 14 nitrogen and oxygen atoms in total. The lowest BCUT2D eigenvalue weighted by atomic mass is 9.99. The van der Waals surface area contributed by atoms with E-state index in [2.05, 4.69) is 10.6 Å². The van der Waals surface area contributed by atoms with E-state index in [1.165, 1.54) is 23.5 Å². The van der Waals surface area contributed by atoms with Gasteiger partial charge in [0, 0.05) is 19.1 Å². The molecule has 2 aromatic rings. The van der Waals surface area contributed by atoms with Crippen LogP contribution in [0.2, 0.25) is 0 Å². The van der Waals surface area contributed by atoms with E-state index in [-0.39, 0.29) is 62.3 Å². The van der Waals surface area contributed by atoms with Crippen LogP contribution < -0.4 is 25.8 Å². The zero-order valence-corrected chi connectivity index (χ0v) is 30.6. The maximum Gasteiger partial charge on any atom is 0.407 e. The molecule has 2 fully saturated rings. The number of nitrogens with zero attached hydrogens (tertiary/aromatic N) is 1. The topological polar surface area (TPSA) is 177 Å². The van der Waals surface area contributed by atoms with Crippen molar-refractivity contribution in [1.29, 1.82) is 0 Å². The lowest BCUT2D eigenvalue weighted by Crippen LogP contribution is -2.55. The van der Waals surface area contributed by atoms with Crippen molar-refractivity contribution in [1.82, 2.24) is 14.9 Å². The molecule has 2 saturated heterocycles. The minimum Gasteiger partial charge on any atom is -0.497 e. The van der Waals surface area contributed by atoms with E-state index in [1.807, 2.05) is 26.0 Å². The van der Waals surface area contributed by atoms with E-state index in [1.54, 1.807) is 45.0 Å². The molecule has 2 aliphatic rings. The Kier molecular flexibility index (Phi) is 13.7. The molecule has 2 amide bonds. The first kappa shape index (κ1) is 39.2. The Morgan fingerprint density at radius 2 is 1.68 bits per heavy atom. The average molecular weight is 721 g/mol. The Hall–Kier alpha value is -3.63. The SMILES string of the molecule is COc1ccc(S(=O)(=O)N(CC(C)C)C[C@@H](N)[C@H](Cc2ccc(OCCNC(=O)OC(C)(C)C)cc2)NC(=O)O[C@H]2CO[C@H]3OCC[C@H]32)cc1. The highest BCUT2D eigenvalue weighted by molar-refractivity contribution is 7.89. The summed E-state index contributed by atoms with van der Waals surface area (Å²) < 4.78 is 62.2. The Bertz CT molecular complexity index is 1500. The van der Waals surface area contributed by atoms with Crippen LogP contribution in [0.3, 0.4) is 0 Å². The zero-order valence-electron chi connectivity index (χ0n) is 29.8. The van der Waals surface area contributed by atoms with Gasteiger partial charge < -0.3 is 44.8 Å². The van der Waals surface area contributed by atoms with Gasteiger partial charge in [-0.1, -0.05) is 26.0 Å². The molecule has 0 aliphatic carbocycles. The van der Waals surface area contributed by atoms with E-state index in [0.717, 1.165) is 12.0 Å². The lowest BCUT2D eigenvalue weighted by Gasteiger charge is -2.31. The molecule has 0 spiro atoms. The third kappa shape index (κ3) is 11.5. The Labute approximate surface area is 295 Å². The van der Waals surface area contributed by atoms with Crippen molar-refractivity contribution in [2.75, 3.05) is 46.6 Å². The number of rotatable bonds is 16. The molecule has 0 aromatic heterocycles. The van der Waals surface area contributed by atoms with Crippen molar-refractivity contribution in [2.24, 2.45) is 17.6 Å². The standard InChI is InChI=1S/C35H52N4O10S/c1-23(2)20-39(50(42,43)27-13-11-25(44-6)12-14-27)21-29(36)30(38-34(41)48-31-22-47-32-28(31)15-17-46-32)19-24-7-9-26(10-8-24)45-18-16-37-33(40)49-35(3,4)5/h7-14,23,28-32H,15-22,36H2,1-6H3,(H,37,40)(H,38,41)/t28-,29+,30-,31-,32+/m0/s1. The van der Waals surface area contributed by atoms with Crippen molar-refractivity contribution in [3.63, 3.8) is 0 Å². The first-order valence-corrected chi connectivity index (χ1v) is 18.4. The van der Waals surface area contributed by atoms with Crippen LogP contribution in [0.25, 0.3) is 0 Å². The summed E-state index contributed by atoms with van der Waals surface area (Å²) in [6.07, 6.45) is -1.03. The Morgan fingerprint density at radius 1 is 1.00 bits per heavy atom. The van der Waals surface area contributed by atoms with Crippen molar-refractivity contribution in [3.05, 3.63) is 54.1 Å². The number of nitrogens with two attached hydrogens (primary N) is 1. The lowest BCUT2D eigenvalue weighted by molar-refractivity contribution is -0.0907. The summed E-state index contributed by atoms with van der Waals surface area (Å²) in [7, 11) is -2.43. The number of amides is 2. The minimum atomic E-state index is -3.94. The molecule has 5 atom stereocenters. The molecular formula is C35H52N4O10S. The van der Waals surface area contributed by atoms with Gasteiger partial charge in [0.05, 0.1) is 43.7 Å². The van der Waals surface area contributed by atoms with Gasteiger partial charge in [0.15, 0.2) is 6.29 Å². The Morgan fingerprint density at radius 3 is 2.32 bits per heavy atom. The fourth-order valence-corrected chi connectivity index (χ4v) is 7.37. The van der Waals surface area contributed by atoms with Crippen LogP contribution in [-0.2, 0) is 35.4 Å². The summed E-state index contributed by atoms with van der Waals surface area (Å²) >= 11 is 0. The maximum atomic E-state index is 13.8. The number of hydrogen-bond acceptors (Lipinski definition) is 11. The van der Waals surface area contributed by atoms with Gasteiger partial charge in [-0.3, -0.25) is 0 Å². The summed E-state index contributed by atoms with van der Waals surface area (Å²) in [5.74, 6) is 1.07. The molecule has 0 radical (unpaired) electrons. The molecule has 50 heavy (non-hydrogen) atoms. The summed E-state index contributed by atoms with van der Waals surface area (Å²) in [4.78, 5) is 25.3. The van der Waals surface area contributed by atoms with Gasteiger partial charge in [0.2, 0.25) is 10.0 Å². The quantitative estimate of drug-likeness (QED) is 0.216. The second-order valence-corrected chi connectivity index (χ2v) is 15.8. The number of benzene rings is 2. The number of hydrogen-bond donors (Lipinski definition) is 3. The van der Waals surface area contributed by atoms with E-state index in [9.17, 15) is 18.0 Å². The number of carbonyl (C=O) groups is 2. The molecule has 0 unspecified atom stereocenters. The monoisotopic (exact) mass is 720 g/mol. The van der Waals surface area contributed by atoms with Crippen LogP contribution in [0.15, 0.2) is 53.4 Å². The minimum absolute atomic E-state index is 0.00224. The number of methoxy groups -OCH3 is 1. The number of alkyl carbamates (subject to hydrolysis) is 2. The van der Waals surface area contributed by atoms with Crippen LogP contribution in [0, 0.1) is 11.8 Å². The van der Waals surface area contributed by atoms with Gasteiger partial charge in [-0.05, 0) is 81.5 Å². The van der Waals surface area contributed by atoms with E-state index >= 15 is 0 Å². The number of ether oxygens (including phenoxy) is 6. The second-order valence-electron chi connectivity index (χ2n) is 13.9. The molecule has 4 N–H and O–H groups in total. The normalized spacial score (nSPS) is 20.2. The van der Waals surface area contributed by atoms with Crippen LogP contribution in [0.4, 0.5) is 9.59 Å². The van der Waals surface area contributed by atoms with Gasteiger partial charge in [0.25, 0.3) is 0 Å². The van der Waals surface area contributed by atoms with Gasteiger partial charge in [0.1, 0.15) is 29.8 Å². The highest BCUT2D eigenvalue weighted by Crippen LogP contribution is 2.33. The third-order valence-electron chi connectivity index (χ3n) is 8.16. The van der Waals surface area contributed by atoms with Crippen molar-refractivity contribution in [3.8, 4) is 11.5 Å². The van der Waals surface area contributed by atoms with Crippen LogP contribution in [-0.4, -0.2) is 102 Å². The number of nitrogens with one attached hydrogen (secondary N) is 2. The van der Waals surface area contributed by atoms with Gasteiger partial charge in [-0.25, -0.2) is 18.0 Å². The molecular weight excluding hydrogens is 668 g/mol. The molecule has 2 aliphatic heterocycles. The van der Waals surface area contributed by atoms with E-state index in [0.29, 0.717) is 18.1 Å². The zero-order chi connectivity index (χ0) is 36.5. The molecule has 0 bridgehead atoms. The van der Waals surface area contributed by atoms with Crippen LogP contribution in [0.1, 0.15) is 46.6 Å². The molecule has 0 saturated carbocycles. The molecule has 2 heterocycles. The smallest absolute Gasteiger partial charge is 0.407 e.